The van der Waals surface area contributed by atoms with E-state index in [-0.39, 0.29) is 0 Å². The zero-order chi connectivity index (χ0) is 8.10. The minimum Gasteiger partial charge on any atom is -0.316 e. The van der Waals surface area contributed by atoms with Crippen molar-refractivity contribution in [2.24, 2.45) is 5.92 Å². The zero-order valence-corrected chi connectivity index (χ0v) is 7.77. The standard InChI is InChI=1S/C9H20N2/c1-3-6-11(2)8-9-4-5-10-7-9/h9-10H,3-8H2,1-2H3/t9-/m1/s1. The summed E-state index contributed by atoms with van der Waals surface area (Å²) in [7, 11) is 2.22. The van der Waals surface area contributed by atoms with Gasteiger partial charge in [0.05, 0.1) is 0 Å². The first kappa shape index (κ1) is 9.01. The molecule has 0 saturated carbocycles. The van der Waals surface area contributed by atoms with Gasteiger partial charge in [-0.1, -0.05) is 6.92 Å². The van der Waals surface area contributed by atoms with Crippen LogP contribution in [0.1, 0.15) is 19.8 Å². The third-order valence-electron chi connectivity index (χ3n) is 2.34. The van der Waals surface area contributed by atoms with Gasteiger partial charge in [0.25, 0.3) is 0 Å². The molecule has 11 heavy (non-hydrogen) atoms. The summed E-state index contributed by atoms with van der Waals surface area (Å²) in [6, 6.07) is 0. The highest BCUT2D eigenvalue weighted by molar-refractivity contribution is 4.73. The summed E-state index contributed by atoms with van der Waals surface area (Å²) in [5, 5.41) is 3.39. The van der Waals surface area contributed by atoms with Crippen molar-refractivity contribution in [3.63, 3.8) is 0 Å². The number of hydrogen-bond donors (Lipinski definition) is 1. The van der Waals surface area contributed by atoms with Crippen molar-refractivity contribution < 1.29 is 0 Å². The van der Waals surface area contributed by atoms with E-state index in [1.54, 1.807) is 0 Å². The normalized spacial score (nSPS) is 24.8. The number of hydrogen-bond acceptors (Lipinski definition) is 2. The molecule has 0 aliphatic carbocycles. The fourth-order valence-electron chi connectivity index (χ4n) is 1.78. The smallest absolute Gasteiger partial charge is 0.00192 e. The van der Waals surface area contributed by atoms with E-state index in [1.165, 1.54) is 39.0 Å². The molecule has 0 radical (unpaired) electrons. The van der Waals surface area contributed by atoms with Gasteiger partial charge in [0.2, 0.25) is 0 Å². The molecule has 0 amide bonds. The Morgan fingerprint density at radius 3 is 2.91 bits per heavy atom. The topological polar surface area (TPSA) is 15.3 Å². The van der Waals surface area contributed by atoms with E-state index >= 15 is 0 Å². The molecule has 1 aliphatic heterocycles. The van der Waals surface area contributed by atoms with E-state index in [0.29, 0.717) is 0 Å². The molecule has 1 N–H and O–H groups in total. The molecule has 1 heterocycles. The van der Waals surface area contributed by atoms with Crippen molar-refractivity contribution in [1.29, 1.82) is 0 Å². The highest BCUT2D eigenvalue weighted by Gasteiger charge is 2.15. The van der Waals surface area contributed by atoms with Gasteiger partial charge in [0.1, 0.15) is 0 Å². The summed E-state index contributed by atoms with van der Waals surface area (Å²) in [6.45, 7) is 7.22. The number of rotatable bonds is 4. The van der Waals surface area contributed by atoms with Crippen LogP contribution in [0.5, 0.6) is 0 Å². The SMILES string of the molecule is CCCN(C)C[C@@H]1CCNC1. The van der Waals surface area contributed by atoms with E-state index in [9.17, 15) is 0 Å². The van der Waals surface area contributed by atoms with Gasteiger partial charge in [-0.3, -0.25) is 0 Å². The Morgan fingerprint density at radius 2 is 2.36 bits per heavy atom. The molecular formula is C9H20N2. The largest absolute Gasteiger partial charge is 0.316 e. The summed E-state index contributed by atoms with van der Waals surface area (Å²) in [4.78, 5) is 2.44. The van der Waals surface area contributed by atoms with Crippen LogP contribution in [0.4, 0.5) is 0 Å². The van der Waals surface area contributed by atoms with Crippen molar-refractivity contribution in [1.82, 2.24) is 10.2 Å². The third-order valence-corrected chi connectivity index (χ3v) is 2.34. The summed E-state index contributed by atoms with van der Waals surface area (Å²) < 4.78 is 0. The molecule has 1 rings (SSSR count). The molecular weight excluding hydrogens is 136 g/mol. The highest BCUT2D eigenvalue weighted by atomic mass is 15.1. The van der Waals surface area contributed by atoms with E-state index in [2.05, 4.69) is 24.2 Å². The van der Waals surface area contributed by atoms with Gasteiger partial charge in [-0.25, -0.2) is 0 Å². The average Bonchev–Trinajstić information content (AvgIpc) is 2.40. The van der Waals surface area contributed by atoms with Gasteiger partial charge in [0.15, 0.2) is 0 Å². The average molecular weight is 156 g/mol. The van der Waals surface area contributed by atoms with Gasteiger partial charge < -0.3 is 10.2 Å². The number of nitrogens with one attached hydrogen (secondary N) is 1. The Labute approximate surface area is 70.0 Å². The number of nitrogens with zero attached hydrogens (tertiary/aromatic N) is 1. The minimum atomic E-state index is 0.909. The molecule has 2 nitrogen and oxygen atoms in total. The predicted octanol–water partition coefficient (Wildman–Crippen LogP) is 0.938. The Kier molecular flexibility index (Phi) is 3.87. The van der Waals surface area contributed by atoms with Crippen LogP contribution in [0.25, 0.3) is 0 Å². The second-order valence-corrected chi connectivity index (χ2v) is 3.62. The predicted molar refractivity (Wildman–Crippen MR) is 48.8 cm³/mol. The van der Waals surface area contributed by atoms with Crippen LogP contribution < -0.4 is 5.32 Å². The van der Waals surface area contributed by atoms with E-state index in [1.807, 2.05) is 0 Å². The van der Waals surface area contributed by atoms with Gasteiger partial charge in [-0.2, -0.15) is 0 Å². The fourth-order valence-corrected chi connectivity index (χ4v) is 1.78. The molecule has 1 fully saturated rings. The Bertz CT molecular complexity index is 97.7. The molecule has 1 aliphatic rings. The first-order valence-electron chi connectivity index (χ1n) is 4.72. The van der Waals surface area contributed by atoms with Crippen LogP contribution in [-0.2, 0) is 0 Å². The maximum absolute atomic E-state index is 3.39. The third kappa shape index (κ3) is 3.21. The van der Waals surface area contributed by atoms with Crippen LogP contribution in [0.2, 0.25) is 0 Å². The maximum Gasteiger partial charge on any atom is 0.00192 e. The zero-order valence-electron chi connectivity index (χ0n) is 7.77. The van der Waals surface area contributed by atoms with E-state index in [0.717, 1.165) is 5.92 Å². The lowest BCUT2D eigenvalue weighted by atomic mass is 10.1. The highest BCUT2D eigenvalue weighted by Crippen LogP contribution is 2.08. The van der Waals surface area contributed by atoms with Crippen molar-refractivity contribution in [3.05, 3.63) is 0 Å². The molecule has 2 heteroatoms. The molecule has 1 atom stereocenters. The van der Waals surface area contributed by atoms with Gasteiger partial charge >= 0.3 is 0 Å². The summed E-state index contributed by atoms with van der Waals surface area (Å²) in [6.07, 6.45) is 2.64. The molecule has 0 unspecified atom stereocenters. The van der Waals surface area contributed by atoms with Gasteiger partial charge in [-0.05, 0) is 45.4 Å². The fraction of sp³-hybridized carbons (Fsp3) is 1.00. The lowest BCUT2D eigenvalue weighted by Gasteiger charge is -2.19. The second-order valence-electron chi connectivity index (χ2n) is 3.62. The Hall–Kier alpha value is -0.0800. The van der Waals surface area contributed by atoms with Crippen LogP contribution in [0, 0.1) is 5.92 Å². The lowest BCUT2D eigenvalue weighted by Crippen LogP contribution is -2.27. The summed E-state index contributed by atoms with van der Waals surface area (Å²) >= 11 is 0. The van der Waals surface area contributed by atoms with E-state index in [4.69, 9.17) is 0 Å². The Morgan fingerprint density at radius 1 is 1.55 bits per heavy atom. The molecule has 0 spiro atoms. The summed E-state index contributed by atoms with van der Waals surface area (Å²) in [5.41, 5.74) is 0. The maximum atomic E-state index is 3.39. The van der Waals surface area contributed by atoms with Crippen LogP contribution in [0.3, 0.4) is 0 Å². The molecule has 0 aromatic rings. The quantitative estimate of drug-likeness (QED) is 0.651. The van der Waals surface area contributed by atoms with Crippen LogP contribution >= 0.6 is 0 Å². The summed E-state index contributed by atoms with van der Waals surface area (Å²) in [5.74, 6) is 0.909. The van der Waals surface area contributed by atoms with Crippen molar-refractivity contribution in [2.75, 3.05) is 33.2 Å². The van der Waals surface area contributed by atoms with Gasteiger partial charge in [-0.15, -0.1) is 0 Å². The molecule has 0 bridgehead atoms. The van der Waals surface area contributed by atoms with Crippen LogP contribution in [0.15, 0.2) is 0 Å². The van der Waals surface area contributed by atoms with Crippen molar-refractivity contribution in [3.8, 4) is 0 Å². The van der Waals surface area contributed by atoms with Crippen molar-refractivity contribution >= 4 is 0 Å². The van der Waals surface area contributed by atoms with E-state index < -0.39 is 0 Å². The monoisotopic (exact) mass is 156 g/mol. The van der Waals surface area contributed by atoms with Crippen molar-refractivity contribution in [2.45, 2.75) is 19.8 Å². The minimum absolute atomic E-state index is 0.909. The molecule has 66 valence electrons. The second kappa shape index (κ2) is 4.73. The molecule has 1 saturated heterocycles. The lowest BCUT2D eigenvalue weighted by molar-refractivity contribution is 0.286. The molecule has 0 aromatic heterocycles. The molecule has 0 aromatic carbocycles. The van der Waals surface area contributed by atoms with Gasteiger partial charge in [0, 0.05) is 6.54 Å². The first-order valence-corrected chi connectivity index (χ1v) is 4.72. The Balaban J connectivity index is 2.08. The van der Waals surface area contributed by atoms with Crippen LogP contribution in [-0.4, -0.2) is 38.1 Å². The first-order chi connectivity index (χ1) is 5.33.